The Morgan fingerprint density at radius 2 is 2.20 bits per heavy atom. The van der Waals surface area contributed by atoms with E-state index in [9.17, 15) is 14.3 Å². The molecule has 0 radical (unpaired) electrons. The standard InChI is InChI=1S/C15H19FN2O2/c16-12-5-1-2-6-13(12)17-15(14(19)20)7-9-18-8-3-4-11(18)10-15/h1-2,5-6,11,17H,3-4,7-10H2,(H,19,20). The van der Waals surface area contributed by atoms with Gasteiger partial charge in [0.1, 0.15) is 11.4 Å². The maximum atomic E-state index is 13.8. The van der Waals surface area contributed by atoms with Gasteiger partial charge in [0.05, 0.1) is 5.69 Å². The Morgan fingerprint density at radius 1 is 1.40 bits per heavy atom. The molecule has 2 atom stereocenters. The van der Waals surface area contributed by atoms with Crippen LogP contribution in [0.5, 0.6) is 0 Å². The number of benzene rings is 1. The van der Waals surface area contributed by atoms with E-state index in [4.69, 9.17) is 0 Å². The molecule has 0 aromatic heterocycles. The number of nitrogens with one attached hydrogen (secondary N) is 1. The van der Waals surface area contributed by atoms with Crippen molar-refractivity contribution in [1.82, 2.24) is 4.90 Å². The van der Waals surface area contributed by atoms with Gasteiger partial charge in [-0.3, -0.25) is 0 Å². The Bertz CT molecular complexity index is 522. The summed E-state index contributed by atoms with van der Waals surface area (Å²) in [5.41, 5.74) is -0.769. The minimum absolute atomic E-state index is 0.279. The number of nitrogens with zero attached hydrogens (tertiary/aromatic N) is 1. The Kier molecular flexibility index (Phi) is 3.38. The fraction of sp³-hybridized carbons (Fsp3) is 0.533. The monoisotopic (exact) mass is 278 g/mol. The van der Waals surface area contributed by atoms with E-state index in [0.29, 0.717) is 18.9 Å². The van der Waals surface area contributed by atoms with Gasteiger partial charge >= 0.3 is 5.97 Å². The molecule has 5 heteroatoms. The maximum absolute atomic E-state index is 13.8. The number of anilines is 1. The third kappa shape index (κ3) is 2.26. The van der Waals surface area contributed by atoms with Gasteiger partial charge in [0.25, 0.3) is 0 Å². The highest BCUT2D eigenvalue weighted by Crippen LogP contribution is 2.36. The van der Waals surface area contributed by atoms with Crippen LogP contribution in [-0.2, 0) is 4.79 Å². The lowest BCUT2D eigenvalue weighted by molar-refractivity contribution is -0.144. The summed E-state index contributed by atoms with van der Waals surface area (Å²) in [6.07, 6.45) is 3.21. The van der Waals surface area contributed by atoms with Crippen molar-refractivity contribution in [2.45, 2.75) is 37.3 Å². The Morgan fingerprint density at radius 3 is 2.95 bits per heavy atom. The largest absolute Gasteiger partial charge is 0.480 e. The summed E-state index contributed by atoms with van der Waals surface area (Å²) in [4.78, 5) is 14.1. The average Bonchev–Trinajstić information content (AvgIpc) is 2.88. The van der Waals surface area contributed by atoms with Crippen molar-refractivity contribution in [2.75, 3.05) is 18.4 Å². The molecule has 0 aliphatic carbocycles. The SMILES string of the molecule is O=C(O)C1(Nc2ccccc2F)CCN2CCCC2C1. The molecule has 1 aromatic carbocycles. The van der Waals surface area contributed by atoms with Crippen molar-refractivity contribution < 1.29 is 14.3 Å². The molecule has 2 N–H and O–H groups in total. The number of rotatable bonds is 3. The molecule has 2 heterocycles. The van der Waals surface area contributed by atoms with Gasteiger partial charge in [-0.1, -0.05) is 12.1 Å². The number of hydrogen-bond acceptors (Lipinski definition) is 3. The van der Waals surface area contributed by atoms with Crippen LogP contribution in [0.25, 0.3) is 0 Å². The van der Waals surface area contributed by atoms with E-state index in [1.165, 1.54) is 6.07 Å². The molecular weight excluding hydrogens is 259 g/mol. The van der Waals surface area contributed by atoms with Crippen LogP contribution in [-0.4, -0.2) is 40.6 Å². The van der Waals surface area contributed by atoms with Crippen LogP contribution in [0.4, 0.5) is 10.1 Å². The predicted molar refractivity (Wildman–Crippen MR) is 74.2 cm³/mol. The van der Waals surface area contributed by atoms with Gasteiger partial charge in [-0.25, -0.2) is 9.18 Å². The fourth-order valence-corrected chi connectivity index (χ4v) is 3.44. The van der Waals surface area contributed by atoms with Gasteiger partial charge in [-0.05, 0) is 44.4 Å². The number of carbonyl (C=O) groups is 1. The van der Waals surface area contributed by atoms with Crippen LogP contribution in [0.1, 0.15) is 25.7 Å². The lowest BCUT2D eigenvalue weighted by Crippen LogP contribution is -2.56. The zero-order valence-corrected chi connectivity index (χ0v) is 11.3. The topological polar surface area (TPSA) is 52.6 Å². The summed E-state index contributed by atoms with van der Waals surface area (Å²) in [6, 6.07) is 6.57. The third-order valence-corrected chi connectivity index (χ3v) is 4.57. The molecule has 2 aliphatic heterocycles. The van der Waals surface area contributed by atoms with Crippen molar-refractivity contribution in [3.63, 3.8) is 0 Å². The molecule has 20 heavy (non-hydrogen) atoms. The quantitative estimate of drug-likeness (QED) is 0.891. The van der Waals surface area contributed by atoms with Crippen molar-refractivity contribution in [1.29, 1.82) is 0 Å². The van der Waals surface area contributed by atoms with Crippen LogP contribution in [0, 0.1) is 5.82 Å². The van der Waals surface area contributed by atoms with E-state index in [1.54, 1.807) is 18.2 Å². The van der Waals surface area contributed by atoms with E-state index in [1.807, 2.05) is 0 Å². The Labute approximate surface area is 117 Å². The van der Waals surface area contributed by atoms with Crippen molar-refractivity contribution in [2.24, 2.45) is 0 Å². The van der Waals surface area contributed by atoms with Crippen molar-refractivity contribution in [3.05, 3.63) is 30.1 Å². The molecule has 2 fully saturated rings. The minimum Gasteiger partial charge on any atom is -0.480 e. The molecule has 0 spiro atoms. The van der Waals surface area contributed by atoms with Crippen LogP contribution in [0.3, 0.4) is 0 Å². The second-order valence-corrected chi connectivity index (χ2v) is 5.78. The van der Waals surface area contributed by atoms with Gasteiger partial charge in [0.2, 0.25) is 0 Å². The van der Waals surface area contributed by atoms with E-state index >= 15 is 0 Å². The molecular formula is C15H19FN2O2. The van der Waals surface area contributed by atoms with Crippen LogP contribution in [0.2, 0.25) is 0 Å². The highest BCUT2D eigenvalue weighted by molar-refractivity contribution is 5.83. The predicted octanol–water partition coefficient (Wildman–Crippen LogP) is 2.32. The second-order valence-electron chi connectivity index (χ2n) is 5.78. The zero-order valence-electron chi connectivity index (χ0n) is 11.3. The first-order valence-corrected chi connectivity index (χ1v) is 7.11. The van der Waals surface area contributed by atoms with Gasteiger partial charge < -0.3 is 15.3 Å². The number of fused-ring (bicyclic) bond motifs is 1. The van der Waals surface area contributed by atoms with Crippen LogP contribution >= 0.6 is 0 Å². The molecule has 4 nitrogen and oxygen atoms in total. The second kappa shape index (κ2) is 5.05. The zero-order chi connectivity index (χ0) is 14.2. The molecule has 0 saturated carbocycles. The molecule has 0 bridgehead atoms. The number of hydrogen-bond donors (Lipinski definition) is 2. The molecule has 2 aliphatic rings. The Hall–Kier alpha value is -1.62. The molecule has 1 aromatic rings. The van der Waals surface area contributed by atoms with Crippen molar-refractivity contribution >= 4 is 11.7 Å². The summed E-state index contributed by atoms with van der Waals surface area (Å²) in [7, 11) is 0. The number of halogens is 1. The number of carboxylic acids is 1. The van der Waals surface area contributed by atoms with E-state index in [-0.39, 0.29) is 5.69 Å². The molecule has 0 amide bonds. The fourth-order valence-electron chi connectivity index (χ4n) is 3.44. The summed E-state index contributed by atoms with van der Waals surface area (Å²) in [6.45, 7) is 1.82. The van der Waals surface area contributed by atoms with Crippen LogP contribution in [0.15, 0.2) is 24.3 Å². The molecule has 2 unspecified atom stereocenters. The maximum Gasteiger partial charge on any atom is 0.329 e. The smallest absolute Gasteiger partial charge is 0.329 e. The lowest BCUT2D eigenvalue weighted by Gasteiger charge is -2.42. The highest BCUT2D eigenvalue weighted by Gasteiger charge is 2.47. The summed E-state index contributed by atoms with van der Waals surface area (Å²) in [5.74, 6) is -1.28. The lowest BCUT2D eigenvalue weighted by atomic mass is 9.83. The molecule has 2 saturated heterocycles. The first-order valence-electron chi connectivity index (χ1n) is 7.11. The number of piperidine rings is 1. The first kappa shape index (κ1) is 13.4. The first-order chi connectivity index (χ1) is 9.61. The summed E-state index contributed by atoms with van der Waals surface area (Å²) >= 11 is 0. The van der Waals surface area contributed by atoms with Gasteiger partial charge in [0.15, 0.2) is 0 Å². The molecule has 108 valence electrons. The number of aliphatic carboxylic acids is 1. The van der Waals surface area contributed by atoms with Gasteiger partial charge in [-0.15, -0.1) is 0 Å². The Balaban J connectivity index is 1.85. The summed E-state index contributed by atoms with van der Waals surface area (Å²) in [5, 5.41) is 12.6. The van der Waals surface area contributed by atoms with E-state index in [0.717, 1.165) is 25.9 Å². The van der Waals surface area contributed by atoms with Gasteiger partial charge in [0, 0.05) is 12.6 Å². The average molecular weight is 278 g/mol. The summed E-state index contributed by atoms with van der Waals surface area (Å²) < 4.78 is 13.8. The van der Waals surface area contributed by atoms with E-state index in [2.05, 4.69) is 10.2 Å². The van der Waals surface area contributed by atoms with E-state index < -0.39 is 17.3 Å². The minimum atomic E-state index is -1.05. The van der Waals surface area contributed by atoms with Crippen LogP contribution < -0.4 is 5.32 Å². The number of carboxylic acid groups (broad SMARTS) is 1. The normalized spacial score (nSPS) is 29.9. The highest BCUT2D eigenvalue weighted by atomic mass is 19.1. The van der Waals surface area contributed by atoms with Crippen molar-refractivity contribution in [3.8, 4) is 0 Å². The number of para-hydroxylation sites is 1. The van der Waals surface area contributed by atoms with Gasteiger partial charge in [-0.2, -0.15) is 0 Å². The third-order valence-electron chi connectivity index (χ3n) is 4.57. The molecule has 3 rings (SSSR count).